The Morgan fingerprint density at radius 2 is 1.70 bits per heavy atom. The quantitative estimate of drug-likeness (QED) is 0.800. The van der Waals surface area contributed by atoms with Gasteiger partial charge in [-0.15, -0.1) is 0 Å². The lowest BCUT2D eigenvalue weighted by Crippen LogP contribution is -2.46. The first kappa shape index (κ1) is 17.6. The molecule has 0 radical (unpaired) electrons. The van der Waals surface area contributed by atoms with Crippen LogP contribution in [0.4, 0.5) is 11.4 Å². The van der Waals surface area contributed by atoms with Crippen molar-refractivity contribution in [1.82, 2.24) is 5.43 Å². The fraction of sp³-hybridized carbons (Fsp3) is 0.105. The molecule has 27 heavy (non-hydrogen) atoms. The summed E-state index contributed by atoms with van der Waals surface area (Å²) in [7, 11) is 0. The van der Waals surface area contributed by atoms with Crippen LogP contribution < -0.4 is 15.3 Å². The van der Waals surface area contributed by atoms with Gasteiger partial charge in [0.15, 0.2) is 11.8 Å². The van der Waals surface area contributed by atoms with Gasteiger partial charge in [0, 0.05) is 17.0 Å². The highest BCUT2D eigenvalue weighted by Crippen LogP contribution is 2.37. The molecule has 1 saturated heterocycles. The number of nitrogens with zero attached hydrogens (tertiary/aromatic N) is 2. The number of halogens is 2. The Labute approximate surface area is 164 Å². The van der Waals surface area contributed by atoms with E-state index in [9.17, 15) is 14.4 Å². The molecule has 1 atom stereocenters. The largest absolute Gasteiger partial charge is 0.293 e. The summed E-state index contributed by atoms with van der Waals surface area (Å²) in [5, 5.41) is 2.44. The Morgan fingerprint density at radius 1 is 1.00 bits per heavy atom. The summed E-state index contributed by atoms with van der Waals surface area (Å²) in [5.41, 5.74) is 4.10. The topological polar surface area (TPSA) is 69.7 Å². The van der Waals surface area contributed by atoms with Crippen molar-refractivity contribution < 1.29 is 14.4 Å². The number of amides is 2. The molecule has 2 amide bonds. The van der Waals surface area contributed by atoms with Gasteiger partial charge in [0.1, 0.15) is 5.70 Å². The van der Waals surface area contributed by atoms with E-state index in [2.05, 4.69) is 5.43 Å². The van der Waals surface area contributed by atoms with Gasteiger partial charge < -0.3 is 0 Å². The molecule has 0 unspecified atom stereocenters. The number of fused-ring (bicyclic) bond motifs is 1. The molecule has 8 heteroatoms. The maximum absolute atomic E-state index is 13.1. The minimum absolute atomic E-state index is 0.109. The average Bonchev–Trinajstić information content (AvgIpc) is 3.13. The predicted octanol–water partition coefficient (Wildman–Crippen LogP) is 3.10. The van der Waals surface area contributed by atoms with Gasteiger partial charge in [0.2, 0.25) is 0 Å². The standard InChI is InChI=1S/C19H13Cl2N3O3/c1-10(25)16-15-17(24(22-16)13-7-5-11(20)6-8-13)19(27)23(18(15)26)14-4-2-3-12(21)9-14/h2-9,17,22H,1H3/t17-/m1/s1. The molecule has 6 nitrogen and oxygen atoms in total. The zero-order valence-electron chi connectivity index (χ0n) is 14.1. The first-order valence-electron chi connectivity index (χ1n) is 8.09. The number of benzene rings is 2. The van der Waals surface area contributed by atoms with Crippen molar-refractivity contribution in [3.8, 4) is 0 Å². The molecule has 2 heterocycles. The summed E-state index contributed by atoms with van der Waals surface area (Å²) in [6.45, 7) is 1.34. The van der Waals surface area contributed by atoms with Crippen molar-refractivity contribution in [2.75, 3.05) is 9.91 Å². The first-order valence-corrected chi connectivity index (χ1v) is 8.84. The fourth-order valence-corrected chi connectivity index (χ4v) is 3.57. The number of hydrogen-bond acceptors (Lipinski definition) is 5. The number of hydrazine groups is 1. The van der Waals surface area contributed by atoms with E-state index >= 15 is 0 Å². The number of nitrogens with one attached hydrogen (secondary N) is 1. The normalized spacial score (nSPS) is 18.9. The highest BCUT2D eigenvalue weighted by atomic mass is 35.5. The van der Waals surface area contributed by atoms with Gasteiger partial charge in [-0.05, 0) is 42.5 Å². The third-order valence-electron chi connectivity index (χ3n) is 4.44. The Kier molecular flexibility index (Phi) is 4.17. The highest BCUT2D eigenvalue weighted by Gasteiger charge is 2.53. The minimum atomic E-state index is -0.948. The van der Waals surface area contributed by atoms with Gasteiger partial charge in [0.05, 0.1) is 16.9 Å². The summed E-state index contributed by atoms with van der Waals surface area (Å²) in [6, 6.07) is 12.3. The van der Waals surface area contributed by atoms with Crippen LogP contribution in [0.2, 0.25) is 10.0 Å². The maximum Gasteiger partial charge on any atom is 0.266 e. The number of anilines is 2. The van der Waals surface area contributed by atoms with Crippen molar-refractivity contribution in [3.05, 3.63) is 69.8 Å². The number of rotatable bonds is 3. The lowest BCUT2D eigenvalue weighted by molar-refractivity contribution is -0.121. The van der Waals surface area contributed by atoms with Crippen LogP contribution in [0, 0.1) is 0 Å². The number of imide groups is 1. The van der Waals surface area contributed by atoms with E-state index in [0.29, 0.717) is 21.4 Å². The molecule has 2 aliphatic rings. The van der Waals surface area contributed by atoms with Crippen molar-refractivity contribution in [3.63, 3.8) is 0 Å². The predicted molar refractivity (Wildman–Crippen MR) is 103 cm³/mol. The molecule has 4 rings (SSSR count). The Bertz CT molecular complexity index is 1020. The van der Waals surface area contributed by atoms with Crippen LogP contribution >= 0.6 is 23.2 Å². The number of carbonyl (C=O) groups is 3. The van der Waals surface area contributed by atoms with E-state index in [-0.39, 0.29) is 17.1 Å². The molecule has 2 aromatic carbocycles. The molecule has 0 aliphatic carbocycles. The summed E-state index contributed by atoms with van der Waals surface area (Å²) in [5.74, 6) is -1.34. The summed E-state index contributed by atoms with van der Waals surface area (Å²) < 4.78 is 0. The van der Waals surface area contributed by atoms with Crippen molar-refractivity contribution in [2.24, 2.45) is 0 Å². The van der Waals surface area contributed by atoms with E-state index in [4.69, 9.17) is 23.2 Å². The fourth-order valence-electron chi connectivity index (χ4n) is 3.26. The second-order valence-electron chi connectivity index (χ2n) is 6.16. The Morgan fingerprint density at radius 3 is 2.33 bits per heavy atom. The van der Waals surface area contributed by atoms with Gasteiger partial charge in [0.25, 0.3) is 11.8 Å². The number of ketones is 1. The van der Waals surface area contributed by atoms with Gasteiger partial charge in [-0.3, -0.25) is 24.8 Å². The van der Waals surface area contributed by atoms with Crippen LogP contribution in [0.5, 0.6) is 0 Å². The molecule has 136 valence electrons. The third kappa shape index (κ3) is 2.78. The SMILES string of the molecule is CC(=O)C1=C2C(=O)N(c3cccc(Cl)c3)C(=O)[C@@H]2N(c2ccc(Cl)cc2)N1. The molecular weight excluding hydrogens is 389 g/mol. The van der Waals surface area contributed by atoms with E-state index in [1.807, 2.05) is 0 Å². The zero-order valence-corrected chi connectivity index (χ0v) is 15.6. The van der Waals surface area contributed by atoms with Crippen LogP contribution in [0.25, 0.3) is 0 Å². The van der Waals surface area contributed by atoms with Gasteiger partial charge in [-0.25, -0.2) is 4.90 Å². The highest BCUT2D eigenvalue weighted by molar-refractivity contribution is 6.35. The second kappa shape index (κ2) is 6.40. The van der Waals surface area contributed by atoms with Crippen molar-refractivity contribution in [2.45, 2.75) is 13.0 Å². The molecule has 2 aromatic rings. The number of allylic oxidation sites excluding steroid dienone is 1. The molecule has 0 spiro atoms. The average molecular weight is 402 g/mol. The van der Waals surface area contributed by atoms with Crippen molar-refractivity contribution in [1.29, 1.82) is 0 Å². The summed E-state index contributed by atoms with van der Waals surface area (Å²) in [6.07, 6.45) is 0. The van der Waals surface area contributed by atoms with E-state index in [0.717, 1.165) is 4.90 Å². The smallest absolute Gasteiger partial charge is 0.266 e. The van der Waals surface area contributed by atoms with Crippen LogP contribution in [-0.2, 0) is 14.4 Å². The molecular formula is C19H13Cl2N3O3. The van der Waals surface area contributed by atoms with Gasteiger partial charge in [-0.2, -0.15) is 0 Å². The Hall–Kier alpha value is -2.83. The molecule has 0 aromatic heterocycles. The number of carbonyl (C=O) groups excluding carboxylic acids is 3. The number of hydrogen-bond donors (Lipinski definition) is 1. The van der Waals surface area contributed by atoms with E-state index < -0.39 is 17.9 Å². The summed E-state index contributed by atoms with van der Waals surface area (Å²) in [4.78, 5) is 39.3. The monoisotopic (exact) mass is 401 g/mol. The molecule has 1 fully saturated rings. The lowest BCUT2D eigenvalue weighted by Gasteiger charge is -2.26. The second-order valence-corrected chi connectivity index (χ2v) is 7.04. The van der Waals surface area contributed by atoms with Crippen LogP contribution in [-0.4, -0.2) is 23.6 Å². The molecule has 1 N–H and O–H groups in total. The third-order valence-corrected chi connectivity index (χ3v) is 4.93. The van der Waals surface area contributed by atoms with Gasteiger partial charge in [-0.1, -0.05) is 29.3 Å². The van der Waals surface area contributed by atoms with E-state index in [1.165, 1.54) is 18.0 Å². The van der Waals surface area contributed by atoms with Crippen LogP contribution in [0.1, 0.15) is 6.92 Å². The van der Waals surface area contributed by atoms with Crippen LogP contribution in [0.15, 0.2) is 59.8 Å². The molecule has 0 saturated carbocycles. The minimum Gasteiger partial charge on any atom is -0.293 e. The number of Topliss-reactive ketones (excluding diaryl/α,β-unsaturated/α-hetero) is 1. The summed E-state index contributed by atoms with van der Waals surface area (Å²) >= 11 is 11.9. The van der Waals surface area contributed by atoms with Gasteiger partial charge >= 0.3 is 0 Å². The molecule has 0 bridgehead atoms. The van der Waals surface area contributed by atoms with Crippen LogP contribution in [0.3, 0.4) is 0 Å². The maximum atomic E-state index is 13.1. The zero-order chi connectivity index (χ0) is 19.3. The molecule has 2 aliphatic heterocycles. The van der Waals surface area contributed by atoms with Crippen molar-refractivity contribution >= 4 is 52.2 Å². The van der Waals surface area contributed by atoms with E-state index in [1.54, 1.807) is 42.5 Å². The lowest BCUT2D eigenvalue weighted by atomic mass is 10.1. The Balaban J connectivity index is 1.82. The first-order chi connectivity index (χ1) is 12.9.